The number of rotatable bonds is 6. The molecule has 0 aliphatic carbocycles. The first kappa shape index (κ1) is 16.5. The number of carbonyl (C=O) groups excluding carboxylic acids is 1. The zero-order valence-corrected chi connectivity index (χ0v) is 13.9. The first-order valence-corrected chi connectivity index (χ1v) is 7.94. The Morgan fingerprint density at radius 1 is 1.04 bits per heavy atom. The second kappa shape index (κ2) is 7.97. The van der Waals surface area contributed by atoms with Crippen molar-refractivity contribution in [3.63, 3.8) is 0 Å². The van der Waals surface area contributed by atoms with Crippen LogP contribution in [-0.2, 0) is 11.8 Å². The van der Waals surface area contributed by atoms with Gasteiger partial charge in [-0.25, -0.2) is 5.43 Å². The fraction of sp³-hybridized carbons (Fsp3) is 0.100. The molecule has 0 atom stereocenters. The van der Waals surface area contributed by atoms with Crippen molar-refractivity contribution in [2.75, 3.05) is 6.61 Å². The van der Waals surface area contributed by atoms with Crippen LogP contribution < -0.4 is 10.2 Å². The van der Waals surface area contributed by atoms with Crippen LogP contribution in [0, 0.1) is 0 Å². The van der Waals surface area contributed by atoms with E-state index < -0.39 is 0 Å². The van der Waals surface area contributed by atoms with Gasteiger partial charge in [-0.15, -0.1) is 0 Å². The molecule has 25 heavy (non-hydrogen) atoms. The van der Waals surface area contributed by atoms with Gasteiger partial charge in [0.15, 0.2) is 6.61 Å². The molecule has 3 rings (SSSR count). The van der Waals surface area contributed by atoms with E-state index >= 15 is 0 Å². The molecule has 0 radical (unpaired) electrons. The van der Waals surface area contributed by atoms with Gasteiger partial charge in [-0.1, -0.05) is 42.5 Å². The Morgan fingerprint density at radius 2 is 1.76 bits per heavy atom. The van der Waals surface area contributed by atoms with Crippen molar-refractivity contribution in [2.24, 2.45) is 12.1 Å². The van der Waals surface area contributed by atoms with Crippen molar-refractivity contribution in [1.82, 2.24) is 9.99 Å². The summed E-state index contributed by atoms with van der Waals surface area (Å²) in [5.41, 5.74) is 5.59. The standard InChI is InChI=1S/C20H19N3O2/c1-23-13-5-8-18(23)14-21-22-20(24)15-25-19-11-9-17(10-12-19)16-6-3-2-4-7-16/h2-14H,15H2,1H3,(H,22,24)/b21-14+. The second-order valence-corrected chi connectivity index (χ2v) is 5.52. The number of amides is 1. The molecule has 5 heteroatoms. The minimum atomic E-state index is -0.308. The Bertz CT molecular complexity index is 852. The van der Waals surface area contributed by atoms with Crippen molar-refractivity contribution in [3.05, 3.63) is 78.6 Å². The van der Waals surface area contributed by atoms with E-state index in [0.717, 1.165) is 16.8 Å². The summed E-state index contributed by atoms with van der Waals surface area (Å²) in [6, 6.07) is 21.5. The summed E-state index contributed by atoms with van der Waals surface area (Å²) in [7, 11) is 1.91. The highest BCUT2D eigenvalue weighted by atomic mass is 16.5. The van der Waals surface area contributed by atoms with Gasteiger partial charge in [0.05, 0.1) is 11.9 Å². The van der Waals surface area contributed by atoms with Gasteiger partial charge in [0, 0.05) is 13.2 Å². The molecule has 0 unspecified atom stereocenters. The highest BCUT2D eigenvalue weighted by Gasteiger charge is 2.02. The molecule has 1 amide bonds. The van der Waals surface area contributed by atoms with Gasteiger partial charge in [-0.05, 0) is 35.4 Å². The molecule has 1 heterocycles. The predicted molar refractivity (Wildman–Crippen MR) is 98.5 cm³/mol. The molecule has 0 fully saturated rings. The zero-order chi connectivity index (χ0) is 17.5. The summed E-state index contributed by atoms with van der Waals surface area (Å²) in [6.45, 7) is -0.0881. The van der Waals surface area contributed by atoms with E-state index in [1.165, 1.54) is 0 Å². The van der Waals surface area contributed by atoms with Crippen LogP contribution in [0.15, 0.2) is 78.0 Å². The molecular weight excluding hydrogens is 314 g/mol. The number of hydrazone groups is 1. The van der Waals surface area contributed by atoms with Crippen LogP contribution in [0.1, 0.15) is 5.69 Å². The van der Waals surface area contributed by atoms with E-state index in [0.29, 0.717) is 5.75 Å². The van der Waals surface area contributed by atoms with Crippen LogP contribution in [-0.4, -0.2) is 23.3 Å². The van der Waals surface area contributed by atoms with Crippen molar-refractivity contribution in [3.8, 4) is 16.9 Å². The number of hydrogen-bond donors (Lipinski definition) is 1. The number of aromatic nitrogens is 1. The molecular formula is C20H19N3O2. The fourth-order valence-electron chi connectivity index (χ4n) is 2.33. The van der Waals surface area contributed by atoms with Gasteiger partial charge in [0.2, 0.25) is 0 Å². The van der Waals surface area contributed by atoms with Crippen LogP contribution in [0.3, 0.4) is 0 Å². The molecule has 0 aliphatic heterocycles. The van der Waals surface area contributed by atoms with E-state index in [1.54, 1.807) is 6.21 Å². The fourth-order valence-corrected chi connectivity index (χ4v) is 2.33. The molecule has 0 saturated heterocycles. The average molecular weight is 333 g/mol. The third-order valence-electron chi connectivity index (χ3n) is 3.70. The van der Waals surface area contributed by atoms with Crippen molar-refractivity contribution in [2.45, 2.75) is 0 Å². The third kappa shape index (κ3) is 4.57. The van der Waals surface area contributed by atoms with Crippen molar-refractivity contribution < 1.29 is 9.53 Å². The smallest absolute Gasteiger partial charge is 0.277 e. The molecule has 5 nitrogen and oxygen atoms in total. The lowest BCUT2D eigenvalue weighted by atomic mass is 10.1. The molecule has 1 N–H and O–H groups in total. The molecule has 126 valence electrons. The summed E-state index contributed by atoms with van der Waals surface area (Å²) in [5.74, 6) is 0.332. The van der Waals surface area contributed by atoms with Crippen LogP contribution in [0.25, 0.3) is 11.1 Å². The third-order valence-corrected chi connectivity index (χ3v) is 3.70. The minimum Gasteiger partial charge on any atom is -0.484 e. The van der Waals surface area contributed by atoms with Gasteiger partial charge in [-0.3, -0.25) is 4.79 Å². The van der Waals surface area contributed by atoms with E-state index in [2.05, 4.69) is 10.5 Å². The number of hydrogen-bond acceptors (Lipinski definition) is 3. The predicted octanol–water partition coefficient (Wildman–Crippen LogP) is 3.22. The summed E-state index contributed by atoms with van der Waals surface area (Å²) >= 11 is 0. The molecule has 1 aromatic heterocycles. The van der Waals surface area contributed by atoms with Crippen molar-refractivity contribution >= 4 is 12.1 Å². The maximum atomic E-state index is 11.8. The average Bonchev–Trinajstić information content (AvgIpc) is 3.06. The van der Waals surface area contributed by atoms with E-state index in [4.69, 9.17) is 4.74 Å². The van der Waals surface area contributed by atoms with Gasteiger partial charge < -0.3 is 9.30 Å². The van der Waals surface area contributed by atoms with Crippen LogP contribution >= 0.6 is 0 Å². The Hall–Kier alpha value is -3.34. The Balaban J connectivity index is 1.49. The monoisotopic (exact) mass is 333 g/mol. The first-order valence-electron chi connectivity index (χ1n) is 7.94. The van der Waals surface area contributed by atoms with Crippen LogP contribution in [0.4, 0.5) is 0 Å². The lowest BCUT2D eigenvalue weighted by molar-refractivity contribution is -0.123. The Morgan fingerprint density at radius 3 is 2.44 bits per heavy atom. The normalized spacial score (nSPS) is 10.8. The number of benzene rings is 2. The summed E-state index contributed by atoms with van der Waals surface area (Å²) in [5, 5.41) is 3.92. The minimum absolute atomic E-state index is 0.0881. The quantitative estimate of drug-likeness (QED) is 0.556. The summed E-state index contributed by atoms with van der Waals surface area (Å²) in [6.07, 6.45) is 3.50. The lowest BCUT2D eigenvalue weighted by Gasteiger charge is -2.06. The number of nitrogens with one attached hydrogen (secondary N) is 1. The van der Waals surface area contributed by atoms with Crippen LogP contribution in [0.5, 0.6) is 5.75 Å². The SMILES string of the molecule is Cn1cccc1/C=N/NC(=O)COc1ccc(-c2ccccc2)cc1. The molecule has 2 aromatic carbocycles. The van der Waals surface area contributed by atoms with Crippen LogP contribution in [0.2, 0.25) is 0 Å². The highest BCUT2D eigenvalue weighted by molar-refractivity contribution is 5.81. The van der Waals surface area contributed by atoms with E-state index in [9.17, 15) is 4.79 Å². The van der Waals surface area contributed by atoms with E-state index in [1.807, 2.05) is 84.5 Å². The number of ether oxygens (including phenoxy) is 1. The zero-order valence-electron chi connectivity index (χ0n) is 13.9. The van der Waals surface area contributed by atoms with Gasteiger partial charge in [0.25, 0.3) is 5.91 Å². The van der Waals surface area contributed by atoms with Crippen molar-refractivity contribution in [1.29, 1.82) is 0 Å². The molecule has 0 saturated carbocycles. The topological polar surface area (TPSA) is 55.6 Å². The lowest BCUT2D eigenvalue weighted by Crippen LogP contribution is -2.24. The number of carbonyl (C=O) groups is 1. The maximum Gasteiger partial charge on any atom is 0.277 e. The van der Waals surface area contributed by atoms with Gasteiger partial charge >= 0.3 is 0 Å². The maximum absolute atomic E-state index is 11.8. The molecule has 0 aliphatic rings. The molecule has 0 spiro atoms. The van der Waals surface area contributed by atoms with E-state index in [-0.39, 0.29) is 12.5 Å². The van der Waals surface area contributed by atoms with Gasteiger partial charge in [0.1, 0.15) is 5.75 Å². The number of aryl methyl sites for hydroxylation is 1. The highest BCUT2D eigenvalue weighted by Crippen LogP contribution is 2.21. The molecule has 3 aromatic rings. The first-order chi connectivity index (χ1) is 12.2. The largest absolute Gasteiger partial charge is 0.484 e. The summed E-state index contributed by atoms with van der Waals surface area (Å²) < 4.78 is 7.38. The number of nitrogens with zero attached hydrogens (tertiary/aromatic N) is 2. The Kier molecular flexibility index (Phi) is 5.26. The summed E-state index contributed by atoms with van der Waals surface area (Å²) in [4.78, 5) is 11.8. The molecule has 0 bridgehead atoms. The Labute approximate surface area is 146 Å². The second-order valence-electron chi connectivity index (χ2n) is 5.52. The van der Waals surface area contributed by atoms with Gasteiger partial charge in [-0.2, -0.15) is 5.10 Å².